The number of para-hydroxylation sites is 2. The van der Waals surface area contributed by atoms with Crippen molar-refractivity contribution in [3.63, 3.8) is 0 Å². The molecule has 0 bridgehead atoms. The Hall–Kier alpha value is -7.04. The fourth-order valence-corrected chi connectivity index (χ4v) is 15.3. The molecule has 5 aliphatic rings. The van der Waals surface area contributed by atoms with Crippen molar-refractivity contribution < 1.29 is 4.42 Å². The monoisotopic (exact) mass is 911 g/mol. The van der Waals surface area contributed by atoms with Crippen molar-refractivity contribution in [3.05, 3.63) is 209 Å². The maximum absolute atomic E-state index is 7.29. The van der Waals surface area contributed by atoms with Gasteiger partial charge in [0.05, 0.1) is 16.5 Å². The summed E-state index contributed by atoms with van der Waals surface area (Å²) in [5, 5.41) is 2.32. The summed E-state index contributed by atoms with van der Waals surface area (Å²) in [6, 6.07) is 67.4. The molecular formula is C66H61N3O. The molecule has 4 heteroatoms. The first-order valence-corrected chi connectivity index (χ1v) is 25.9. The van der Waals surface area contributed by atoms with E-state index in [1.165, 1.54) is 111 Å². The lowest BCUT2D eigenvalue weighted by atomic mass is 9.61. The zero-order valence-electron chi connectivity index (χ0n) is 41.4. The number of hydrogen-bond acceptors (Lipinski definition) is 4. The van der Waals surface area contributed by atoms with Gasteiger partial charge in [0.1, 0.15) is 11.2 Å². The third-order valence-electron chi connectivity index (χ3n) is 19.2. The van der Waals surface area contributed by atoms with Gasteiger partial charge in [-0.15, -0.1) is 0 Å². The van der Waals surface area contributed by atoms with E-state index in [9.17, 15) is 0 Å². The third kappa shape index (κ3) is 5.17. The number of anilines is 5. The van der Waals surface area contributed by atoms with Crippen molar-refractivity contribution >= 4 is 50.4 Å². The average molecular weight is 912 g/mol. The molecule has 2 aliphatic heterocycles. The number of hydrogen-bond donors (Lipinski definition) is 0. The Labute approximate surface area is 413 Å². The molecule has 0 radical (unpaired) electrons. The first kappa shape index (κ1) is 41.9. The van der Waals surface area contributed by atoms with E-state index in [0.29, 0.717) is 0 Å². The van der Waals surface area contributed by atoms with Gasteiger partial charge in [-0.3, -0.25) is 0 Å². The fourth-order valence-electron chi connectivity index (χ4n) is 15.3. The molecular weight excluding hydrogens is 851 g/mol. The van der Waals surface area contributed by atoms with Gasteiger partial charge in [-0.05, 0) is 144 Å². The molecule has 3 heterocycles. The highest BCUT2D eigenvalue weighted by atomic mass is 16.3. The van der Waals surface area contributed by atoms with Crippen LogP contribution in [0.2, 0.25) is 0 Å². The zero-order valence-corrected chi connectivity index (χ0v) is 41.4. The van der Waals surface area contributed by atoms with E-state index < -0.39 is 5.41 Å². The van der Waals surface area contributed by atoms with Crippen LogP contribution in [-0.4, -0.2) is 25.2 Å². The predicted octanol–water partition coefficient (Wildman–Crippen LogP) is 16.8. The van der Waals surface area contributed by atoms with Crippen molar-refractivity contribution in [2.75, 3.05) is 28.8 Å². The molecule has 0 N–H and O–H groups in total. The van der Waals surface area contributed by atoms with Crippen LogP contribution < -0.4 is 14.7 Å². The number of rotatable bonds is 6. The molecule has 4 unspecified atom stereocenters. The summed E-state index contributed by atoms with van der Waals surface area (Å²) >= 11 is 0. The Balaban J connectivity index is 1.05. The Kier molecular flexibility index (Phi) is 8.68. The lowest BCUT2D eigenvalue weighted by Crippen LogP contribution is -2.54. The summed E-state index contributed by atoms with van der Waals surface area (Å²) in [5.74, 6) is 0. The van der Waals surface area contributed by atoms with Crippen molar-refractivity contribution in [2.45, 2.75) is 100.0 Å². The molecule has 14 rings (SSSR count). The highest BCUT2D eigenvalue weighted by Crippen LogP contribution is 2.65. The first-order valence-electron chi connectivity index (χ1n) is 25.9. The maximum atomic E-state index is 7.29. The molecule has 8 aromatic carbocycles. The molecule has 346 valence electrons. The number of benzene rings is 8. The molecule has 2 saturated carbocycles. The van der Waals surface area contributed by atoms with E-state index in [0.717, 1.165) is 39.8 Å². The van der Waals surface area contributed by atoms with Gasteiger partial charge < -0.3 is 19.1 Å². The van der Waals surface area contributed by atoms with E-state index >= 15 is 0 Å². The molecule has 0 amide bonds. The standard InChI is InChI=1S/C66H61N3O/c1-62-36-17-18-38-64(62,3)69(57-27-16-14-25-53(57)62)48-33-34-49-54(40-48)66(44-20-9-7-10-21-44,45-22-11-8-12-23-45)55-42-51(61-60(59(49)55)50-35-32-47(67(5)6)41-58(50)70-61)43-28-30-46(31-29-43)68-56-26-15-13-24-52(56)63(2)37-19-39-65(63,68)4/h7-16,20-35,40-42H,17-19,36-39H2,1-6H3. The van der Waals surface area contributed by atoms with Gasteiger partial charge in [-0.1, -0.05) is 148 Å². The Morgan fingerprint density at radius 1 is 0.471 bits per heavy atom. The van der Waals surface area contributed by atoms with Crippen molar-refractivity contribution in [1.29, 1.82) is 0 Å². The quantitative estimate of drug-likeness (QED) is 0.166. The number of fused-ring (bicyclic) bond motifs is 13. The van der Waals surface area contributed by atoms with Crippen LogP contribution in [0.15, 0.2) is 180 Å². The second-order valence-electron chi connectivity index (χ2n) is 22.5. The number of nitrogens with zero attached hydrogens (tertiary/aromatic N) is 3. The van der Waals surface area contributed by atoms with Crippen LogP contribution in [0.4, 0.5) is 28.4 Å². The van der Waals surface area contributed by atoms with E-state index in [4.69, 9.17) is 4.42 Å². The van der Waals surface area contributed by atoms with Crippen molar-refractivity contribution in [2.24, 2.45) is 0 Å². The minimum absolute atomic E-state index is 0.00168. The molecule has 4 nitrogen and oxygen atoms in total. The minimum Gasteiger partial charge on any atom is -0.455 e. The van der Waals surface area contributed by atoms with E-state index in [1.807, 2.05) is 0 Å². The van der Waals surface area contributed by atoms with Gasteiger partial charge in [-0.25, -0.2) is 0 Å². The van der Waals surface area contributed by atoms with Gasteiger partial charge in [0, 0.05) is 75.8 Å². The van der Waals surface area contributed by atoms with Crippen molar-refractivity contribution in [3.8, 4) is 22.3 Å². The Morgan fingerprint density at radius 2 is 1.03 bits per heavy atom. The summed E-state index contributed by atoms with van der Waals surface area (Å²) in [7, 11) is 4.22. The predicted molar refractivity (Wildman–Crippen MR) is 292 cm³/mol. The zero-order chi connectivity index (χ0) is 47.4. The molecule has 0 saturated heterocycles. The van der Waals surface area contributed by atoms with Crippen LogP contribution in [0, 0.1) is 0 Å². The molecule has 9 aromatic rings. The van der Waals surface area contributed by atoms with Crippen molar-refractivity contribution in [1.82, 2.24) is 0 Å². The van der Waals surface area contributed by atoms with Gasteiger partial charge >= 0.3 is 0 Å². The fraction of sp³-hybridized carbons (Fsp3) is 0.273. The van der Waals surface area contributed by atoms with E-state index in [1.54, 1.807) is 0 Å². The van der Waals surface area contributed by atoms with Crippen LogP contribution in [0.25, 0.3) is 44.2 Å². The van der Waals surface area contributed by atoms with Crippen LogP contribution in [0.3, 0.4) is 0 Å². The summed E-state index contributed by atoms with van der Waals surface area (Å²) in [6.07, 6.45) is 8.47. The normalized spacial score (nSPS) is 24.6. The van der Waals surface area contributed by atoms with E-state index in [-0.39, 0.29) is 21.9 Å². The summed E-state index contributed by atoms with van der Waals surface area (Å²) in [5.41, 5.74) is 20.5. The molecule has 70 heavy (non-hydrogen) atoms. The minimum atomic E-state index is -0.643. The lowest BCUT2D eigenvalue weighted by molar-refractivity contribution is 0.195. The topological polar surface area (TPSA) is 22.9 Å². The second-order valence-corrected chi connectivity index (χ2v) is 22.5. The smallest absolute Gasteiger partial charge is 0.143 e. The molecule has 3 aliphatic carbocycles. The molecule has 0 spiro atoms. The molecule has 2 fully saturated rings. The van der Waals surface area contributed by atoms with E-state index in [2.05, 4.69) is 232 Å². The summed E-state index contributed by atoms with van der Waals surface area (Å²) in [6.45, 7) is 10.1. The Bertz CT molecular complexity index is 3550. The third-order valence-corrected chi connectivity index (χ3v) is 19.2. The highest BCUT2D eigenvalue weighted by molar-refractivity contribution is 6.19. The lowest BCUT2D eigenvalue weighted by Gasteiger charge is -2.50. The Morgan fingerprint density at radius 3 is 1.67 bits per heavy atom. The van der Waals surface area contributed by atoms with Gasteiger partial charge in [0.15, 0.2) is 0 Å². The summed E-state index contributed by atoms with van der Waals surface area (Å²) < 4.78 is 7.29. The van der Waals surface area contributed by atoms with Gasteiger partial charge in [0.2, 0.25) is 0 Å². The van der Waals surface area contributed by atoms with Crippen LogP contribution >= 0.6 is 0 Å². The molecule has 1 aromatic heterocycles. The van der Waals surface area contributed by atoms with Gasteiger partial charge in [0.25, 0.3) is 0 Å². The molecule has 4 atom stereocenters. The average Bonchev–Trinajstić information content (AvgIpc) is 4.11. The van der Waals surface area contributed by atoms with Crippen LogP contribution in [0.5, 0.6) is 0 Å². The first-order chi connectivity index (χ1) is 34.0. The SMILES string of the molecule is CN(C)c1ccc2c(c1)oc1c(-c3ccc(N4c5ccccc5C5(C)CCCC45C)cc3)cc3c(c12)-c1ccc(N2c4ccccc4C4(C)CCCCC24C)cc1C3(c1ccccc1)c1ccccc1. The van der Waals surface area contributed by atoms with Crippen LogP contribution in [0.1, 0.15) is 106 Å². The van der Waals surface area contributed by atoms with Crippen LogP contribution in [-0.2, 0) is 16.2 Å². The largest absolute Gasteiger partial charge is 0.455 e. The number of furan rings is 1. The summed E-state index contributed by atoms with van der Waals surface area (Å²) in [4.78, 5) is 7.59. The van der Waals surface area contributed by atoms with Gasteiger partial charge in [-0.2, -0.15) is 0 Å². The maximum Gasteiger partial charge on any atom is 0.143 e. The highest BCUT2D eigenvalue weighted by Gasteiger charge is 2.60. The second kappa shape index (κ2) is 14.5.